The Hall–Kier alpha value is -1.58. The molecule has 0 saturated carbocycles. The lowest BCUT2D eigenvalue weighted by molar-refractivity contribution is -0.148. The number of aliphatic carboxylic acids is 1. The number of methoxy groups -OCH3 is 1. The van der Waals surface area contributed by atoms with E-state index in [9.17, 15) is 9.18 Å². The molecule has 4 heteroatoms. The van der Waals surface area contributed by atoms with E-state index >= 15 is 0 Å². The van der Waals surface area contributed by atoms with Crippen molar-refractivity contribution in [2.24, 2.45) is 5.41 Å². The number of carboxylic acids is 1. The summed E-state index contributed by atoms with van der Waals surface area (Å²) in [7, 11) is 1.39. The SMILES string of the molecule is CCC(C)(Cc1ccc(OC)c(F)c1)C(=O)O. The first-order valence-electron chi connectivity index (χ1n) is 5.48. The van der Waals surface area contributed by atoms with E-state index in [2.05, 4.69) is 0 Å². The lowest BCUT2D eigenvalue weighted by Crippen LogP contribution is -2.29. The first kappa shape index (κ1) is 13.5. The van der Waals surface area contributed by atoms with Crippen molar-refractivity contribution in [3.8, 4) is 5.75 Å². The van der Waals surface area contributed by atoms with Gasteiger partial charge in [0.05, 0.1) is 12.5 Å². The van der Waals surface area contributed by atoms with Crippen LogP contribution in [0.2, 0.25) is 0 Å². The maximum absolute atomic E-state index is 13.5. The van der Waals surface area contributed by atoms with Gasteiger partial charge in [-0.1, -0.05) is 13.0 Å². The molecule has 0 radical (unpaired) electrons. The Bertz CT molecular complexity index is 417. The van der Waals surface area contributed by atoms with Gasteiger partial charge in [0.25, 0.3) is 0 Å². The number of hydrogen-bond donors (Lipinski definition) is 1. The Morgan fingerprint density at radius 3 is 2.59 bits per heavy atom. The van der Waals surface area contributed by atoms with Crippen LogP contribution in [0.4, 0.5) is 4.39 Å². The zero-order chi connectivity index (χ0) is 13.1. The summed E-state index contributed by atoms with van der Waals surface area (Å²) in [6.45, 7) is 3.48. The predicted octanol–water partition coefficient (Wildman–Crippen LogP) is 2.88. The molecule has 0 spiro atoms. The fourth-order valence-electron chi connectivity index (χ4n) is 1.62. The molecule has 0 aromatic heterocycles. The monoisotopic (exact) mass is 240 g/mol. The van der Waals surface area contributed by atoms with Crippen LogP contribution in [0.5, 0.6) is 5.75 Å². The normalized spacial score (nSPS) is 14.1. The lowest BCUT2D eigenvalue weighted by Gasteiger charge is -2.23. The largest absolute Gasteiger partial charge is 0.494 e. The molecule has 0 aliphatic carbocycles. The first-order valence-corrected chi connectivity index (χ1v) is 5.48. The summed E-state index contributed by atoms with van der Waals surface area (Å²) < 4.78 is 18.3. The number of carboxylic acid groups (broad SMARTS) is 1. The van der Waals surface area contributed by atoms with Gasteiger partial charge in [-0.25, -0.2) is 4.39 Å². The Balaban J connectivity index is 2.95. The maximum Gasteiger partial charge on any atom is 0.309 e. The van der Waals surface area contributed by atoms with E-state index in [0.717, 1.165) is 0 Å². The van der Waals surface area contributed by atoms with Gasteiger partial charge in [0, 0.05) is 0 Å². The second kappa shape index (κ2) is 5.17. The van der Waals surface area contributed by atoms with Crippen LogP contribution < -0.4 is 4.74 Å². The quantitative estimate of drug-likeness (QED) is 0.860. The molecular formula is C13H17FO3. The predicted molar refractivity (Wildman–Crippen MR) is 62.7 cm³/mol. The van der Waals surface area contributed by atoms with E-state index in [4.69, 9.17) is 9.84 Å². The molecular weight excluding hydrogens is 223 g/mol. The number of hydrogen-bond acceptors (Lipinski definition) is 2. The molecule has 94 valence electrons. The van der Waals surface area contributed by atoms with E-state index < -0.39 is 17.2 Å². The lowest BCUT2D eigenvalue weighted by atomic mass is 9.81. The molecule has 0 bridgehead atoms. The number of benzene rings is 1. The molecule has 0 saturated heterocycles. The molecule has 0 fully saturated rings. The molecule has 1 aromatic rings. The van der Waals surface area contributed by atoms with Gasteiger partial charge in [-0.2, -0.15) is 0 Å². The minimum Gasteiger partial charge on any atom is -0.494 e. The van der Waals surface area contributed by atoms with Crippen LogP contribution in [-0.4, -0.2) is 18.2 Å². The fourth-order valence-corrected chi connectivity index (χ4v) is 1.62. The van der Waals surface area contributed by atoms with E-state index in [1.165, 1.54) is 19.2 Å². The molecule has 0 aliphatic heterocycles. The van der Waals surface area contributed by atoms with Gasteiger partial charge in [0.2, 0.25) is 0 Å². The Morgan fingerprint density at radius 1 is 1.53 bits per heavy atom. The van der Waals surface area contributed by atoms with Crippen LogP contribution >= 0.6 is 0 Å². The van der Waals surface area contributed by atoms with Crippen molar-refractivity contribution >= 4 is 5.97 Å². The third-order valence-electron chi connectivity index (χ3n) is 3.11. The molecule has 1 atom stereocenters. The molecule has 0 aliphatic rings. The fraction of sp³-hybridized carbons (Fsp3) is 0.462. The van der Waals surface area contributed by atoms with Crippen molar-refractivity contribution < 1.29 is 19.0 Å². The van der Waals surface area contributed by atoms with Gasteiger partial charge >= 0.3 is 5.97 Å². The van der Waals surface area contributed by atoms with Crippen molar-refractivity contribution in [1.29, 1.82) is 0 Å². The van der Waals surface area contributed by atoms with Gasteiger partial charge in [-0.05, 0) is 37.5 Å². The van der Waals surface area contributed by atoms with E-state index in [0.29, 0.717) is 18.4 Å². The van der Waals surface area contributed by atoms with Crippen molar-refractivity contribution in [3.63, 3.8) is 0 Å². The highest BCUT2D eigenvalue weighted by molar-refractivity contribution is 5.74. The Morgan fingerprint density at radius 2 is 2.18 bits per heavy atom. The second-order valence-corrected chi connectivity index (χ2v) is 4.37. The Kier molecular flexibility index (Phi) is 4.10. The van der Waals surface area contributed by atoms with Crippen LogP contribution in [-0.2, 0) is 11.2 Å². The van der Waals surface area contributed by atoms with Crippen molar-refractivity contribution in [2.45, 2.75) is 26.7 Å². The molecule has 1 unspecified atom stereocenters. The third kappa shape index (κ3) is 2.96. The summed E-state index contributed by atoms with van der Waals surface area (Å²) in [5, 5.41) is 9.15. The molecule has 0 heterocycles. The van der Waals surface area contributed by atoms with E-state index in [1.807, 2.05) is 6.92 Å². The number of rotatable bonds is 5. The van der Waals surface area contributed by atoms with Gasteiger partial charge < -0.3 is 9.84 Å². The van der Waals surface area contributed by atoms with Gasteiger partial charge in [-0.3, -0.25) is 4.79 Å². The average Bonchev–Trinajstić information content (AvgIpc) is 2.29. The molecule has 3 nitrogen and oxygen atoms in total. The molecule has 0 amide bonds. The minimum absolute atomic E-state index is 0.169. The van der Waals surface area contributed by atoms with Crippen LogP contribution in [0.1, 0.15) is 25.8 Å². The first-order chi connectivity index (χ1) is 7.92. The van der Waals surface area contributed by atoms with E-state index in [1.54, 1.807) is 13.0 Å². The highest BCUT2D eigenvalue weighted by atomic mass is 19.1. The van der Waals surface area contributed by atoms with Crippen LogP contribution in [0, 0.1) is 11.2 Å². The van der Waals surface area contributed by atoms with Crippen molar-refractivity contribution in [3.05, 3.63) is 29.6 Å². The second-order valence-electron chi connectivity index (χ2n) is 4.37. The maximum atomic E-state index is 13.5. The highest BCUT2D eigenvalue weighted by Crippen LogP contribution is 2.28. The van der Waals surface area contributed by atoms with Crippen molar-refractivity contribution in [1.82, 2.24) is 0 Å². The number of ether oxygens (including phenoxy) is 1. The van der Waals surface area contributed by atoms with E-state index in [-0.39, 0.29) is 5.75 Å². The van der Waals surface area contributed by atoms with Crippen LogP contribution in [0.15, 0.2) is 18.2 Å². The zero-order valence-electron chi connectivity index (χ0n) is 10.3. The molecule has 17 heavy (non-hydrogen) atoms. The Labute approximate surface area is 100 Å². The summed E-state index contributed by atoms with van der Waals surface area (Å²) in [6, 6.07) is 4.54. The third-order valence-corrected chi connectivity index (χ3v) is 3.11. The molecule has 1 aromatic carbocycles. The summed E-state index contributed by atoms with van der Waals surface area (Å²) >= 11 is 0. The molecule has 1 N–H and O–H groups in total. The smallest absolute Gasteiger partial charge is 0.309 e. The number of carbonyl (C=O) groups is 1. The number of halogens is 1. The summed E-state index contributed by atoms with van der Waals surface area (Å²) in [5.41, 5.74) is -0.198. The average molecular weight is 240 g/mol. The van der Waals surface area contributed by atoms with Crippen molar-refractivity contribution in [2.75, 3.05) is 7.11 Å². The van der Waals surface area contributed by atoms with Crippen LogP contribution in [0.3, 0.4) is 0 Å². The highest BCUT2D eigenvalue weighted by Gasteiger charge is 2.31. The standard InChI is InChI=1S/C13H17FO3/c1-4-13(2,12(15)16)8-9-5-6-11(17-3)10(14)7-9/h5-7H,4,8H2,1-3H3,(H,15,16). The topological polar surface area (TPSA) is 46.5 Å². The summed E-state index contributed by atoms with van der Waals surface area (Å²) in [4.78, 5) is 11.1. The zero-order valence-corrected chi connectivity index (χ0v) is 10.3. The molecule has 1 rings (SSSR count). The van der Waals surface area contributed by atoms with Gasteiger partial charge in [-0.15, -0.1) is 0 Å². The summed E-state index contributed by atoms with van der Waals surface area (Å²) in [5.74, 6) is -1.16. The minimum atomic E-state index is -0.865. The van der Waals surface area contributed by atoms with Crippen LogP contribution in [0.25, 0.3) is 0 Å². The van der Waals surface area contributed by atoms with Gasteiger partial charge in [0.1, 0.15) is 0 Å². The summed E-state index contributed by atoms with van der Waals surface area (Å²) in [6.07, 6.45) is 0.801. The van der Waals surface area contributed by atoms with Gasteiger partial charge in [0.15, 0.2) is 11.6 Å².